The van der Waals surface area contributed by atoms with Crippen LogP contribution in [0.25, 0.3) is 0 Å². The number of esters is 2. The molecule has 0 unspecified atom stereocenters. The molecule has 4 rings (SSSR count). The monoisotopic (exact) mass is 644 g/mol. The highest BCUT2D eigenvalue weighted by atomic mass is 16.6. The van der Waals surface area contributed by atoms with E-state index in [2.05, 4.69) is 6.92 Å². The van der Waals surface area contributed by atoms with Gasteiger partial charge in [0.1, 0.15) is 30.0 Å². The summed E-state index contributed by atoms with van der Waals surface area (Å²) in [6.07, 6.45) is 13.9. The van der Waals surface area contributed by atoms with Crippen molar-refractivity contribution in [3.05, 3.63) is 23.3 Å². The molecule has 0 saturated heterocycles. The molecule has 260 valence electrons. The highest BCUT2D eigenvalue weighted by molar-refractivity contribution is 5.96. The predicted octanol–water partition coefficient (Wildman–Crippen LogP) is 6.53. The molecule has 1 spiro atoms. The number of hydrogen-bond acceptors (Lipinski definition) is 8. The normalized spacial score (nSPS) is 35.7. The van der Waals surface area contributed by atoms with Crippen molar-refractivity contribution < 1.29 is 39.2 Å². The van der Waals surface area contributed by atoms with Crippen LogP contribution in [0, 0.1) is 28.6 Å². The van der Waals surface area contributed by atoms with Crippen LogP contribution in [-0.2, 0) is 23.9 Å². The first kappa shape index (κ1) is 36.8. The van der Waals surface area contributed by atoms with Gasteiger partial charge in [-0.1, -0.05) is 111 Å². The fourth-order valence-electron chi connectivity index (χ4n) is 9.31. The maximum atomic E-state index is 14.8. The lowest BCUT2D eigenvalue weighted by molar-refractivity contribution is -0.192. The molecule has 4 aliphatic rings. The van der Waals surface area contributed by atoms with E-state index in [9.17, 15) is 29.7 Å². The van der Waals surface area contributed by atoms with E-state index in [0.717, 1.165) is 32.1 Å². The van der Waals surface area contributed by atoms with E-state index in [0.29, 0.717) is 24.8 Å². The summed E-state index contributed by atoms with van der Waals surface area (Å²) in [4.78, 5) is 40.7. The minimum Gasteiger partial charge on any atom is -0.461 e. The lowest BCUT2D eigenvalue weighted by Gasteiger charge is -2.48. The summed E-state index contributed by atoms with van der Waals surface area (Å²) in [5.41, 5.74) is -4.75. The highest BCUT2D eigenvalue weighted by Crippen LogP contribution is 2.75. The number of unbranched alkanes of at least 4 members (excludes halogenated alkanes) is 10. The minimum atomic E-state index is -2.26. The molecule has 0 aromatic rings. The zero-order chi connectivity index (χ0) is 33.9. The van der Waals surface area contributed by atoms with Crippen LogP contribution < -0.4 is 0 Å². The second kappa shape index (κ2) is 14.6. The average Bonchev–Trinajstić information content (AvgIpc) is 3.42. The van der Waals surface area contributed by atoms with Crippen molar-refractivity contribution in [3.63, 3.8) is 0 Å². The van der Waals surface area contributed by atoms with Crippen molar-refractivity contribution in [3.8, 4) is 0 Å². The highest BCUT2D eigenvalue weighted by Gasteiger charge is 2.83. The standard InChI is InChI=1S/C38H60O8/c1-7-9-11-12-13-14-15-16-18-20-30(40)46-37-23-26(4)36-22-25(3)32(41)38(36,44)33(42)27(24-45-29(39)19-17-10-8-2)21-28(34(36)43)31(37)35(37,5)6/h21-22,26,28,31-33,41-42,44H,7-20,23-24H2,1-6H3/t26-,28+,31-,32+,33-,36+,37+,38-/m1/s1. The minimum absolute atomic E-state index is 0.195. The Morgan fingerprint density at radius 3 is 2.04 bits per heavy atom. The van der Waals surface area contributed by atoms with Gasteiger partial charge in [0.25, 0.3) is 0 Å². The molecule has 0 aliphatic heterocycles. The smallest absolute Gasteiger partial charge is 0.306 e. The topological polar surface area (TPSA) is 130 Å². The average molecular weight is 645 g/mol. The number of fused-ring (bicyclic) bond motifs is 3. The lowest BCUT2D eigenvalue weighted by Crippen LogP contribution is -2.65. The second-order valence-corrected chi connectivity index (χ2v) is 15.4. The zero-order valence-corrected chi connectivity index (χ0v) is 29.2. The molecule has 8 heteroatoms. The van der Waals surface area contributed by atoms with Gasteiger partial charge in [0.2, 0.25) is 0 Å². The summed E-state index contributed by atoms with van der Waals surface area (Å²) in [5.74, 6) is -2.76. The van der Waals surface area contributed by atoms with Crippen molar-refractivity contribution in [2.45, 2.75) is 161 Å². The maximum absolute atomic E-state index is 14.8. The molecule has 0 amide bonds. The number of carbonyl (C=O) groups is 3. The van der Waals surface area contributed by atoms with Gasteiger partial charge in [0, 0.05) is 30.1 Å². The Labute approximate surface area is 276 Å². The first-order valence-corrected chi connectivity index (χ1v) is 18.2. The van der Waals surface area contributed by atoms with Crippen LogP contribution in [0.4, 0.5) is 0 Å². The van der Waals surface area contributed by atoms with Crippen molar-refractivity contribution in [1.29, 1.82) is 0 Å². The van der Waals surface area contributed by atoms with Crippen LogP contribution in [-0.4, -0.2) is 63.1 Å². The number of aliphatic hydroxyl groups excluding tert-OH is 2. The zero-order valence-electron chi connectivity index (χ0n) is 29.2. The molecule has 0 radical (unpaired) electrons. The van der Waals surface area contributed by atoms with Gasteiger partial charge in [0.15, 0.2) is 5.78 Å². The van der Waals surface area contributed by atoms with Crippen molar-refractivity contribution in [2.24, 2.45) is 28.6 Å². The third-order valence-corrected chi connectivity index (χ3v) is 12.0. The molecule has 0 aromatic carbocycles. The summed E-state index contributed by atoms with van der Waals surface area (Å²) in [5, 5.41) is 35.5. The van der Waals surface area contributed by atoms with Gasteiger partial charge < -0.3 is 24.8 Å². The van der Waals surface area contributed by atoms with Crippen molar-refractivity contribution in [1.82, 2.24) is 0 Å². The molecule has 4 aliphatic carbocycles. The number of ketones is 1. The van der Waals surface area contributed by atoms with Crippen molar-refractivity contribution >= 4 is 17.7 Å². The van der Waals surface area contributed by atoms with Crippen LogP contribution in [0.2, 0.25) is 0 Å². The van der Waals surface area contributed by atoms with Crippen LogP contribution in [0.1, 0.15) is 138 Å². The fraction of sp³-hybridized carbons (Fsp3) is 0.816. The first-order chi connectivity index (χ1) is 21.8. The van der Waals surface area contributed by atoms with E-state index in [1.807, 2.05) is 27.7 Å². The SMILES string of the molecule is CCCCCCCCCCCC(=O)O[C@@]12C[C@@H](C)[C@]34C=C(C)[C@H](O)[C@@]3(O)[C@H](O)C(COC(=O)CCCCC)=C[C@H](C4=O)[C@@H]1C2(C)C. The molecule has 2 fully saturated rings. The molecule has 3 N–H and O–H groups in total. The third kappa shape index (κ3) is 6.27. The quantitative estimate of drug-likeness (QED) is 0.0926. The molecule has 2 bridgehead atoms. The molecular weight excluding hydrogens is 584 g/mol. The fourth-order valence-corrected chi connectivity index (χ4v) is 9.31. The van der Waals surface area contributed by atoms with E-state index in [-0.39, 0.29) is 30.4 Å². The largest absolute Gasteiger partial charge is 0.461 e. The molecule has 8 nitrogen and oxygen atoms in total. The lowest BCUT2D eigenvalue weighted by atomic mass is 9.59. The van der Waals surface area contributed by atoms with Gasteiger partial charge in [-0.2, -0.15) is 0 Å². The predicted molar refractivity (Wildman–Crippen MR) is 177 cm³/mol. The number of aliphatic hydroxyl groups is 3. The van der Waals surface area contributed by atoms with Crippen LogP contribution in [0.3, 0.4) is 0 Å². The van der Waals surface area contributed by atoms with E-state index in [1.165, 1.54) is 38.5 Å². The Kier molecular flexibility index (Phi) is 11.7. The van der Waals surface area contributed by atoms with Gasteiger partial charge in [-0.25, -0.2) is 0 Å². The Morgan fingerprint density at radius 1 is 0.870 bits per heavy atom. The van der Waals surface area contributed by atoms with Crippen LogP contribution in [0.5, 0.6) is 0 Å². The van der Waals surface area contributed by atoms with Gasteiger partial charge in [-0.15, -0.1) is 0 Å². The summed E-state index contributed by atoms with van der Waals surface area (Å²) in [6.45, 7) is 11.5. The maximum Gasteiger partial charge on any atom is 0.306 e. The van der Waals surface area contributed by atoms with E-state index in [1.54, 1.807) is 19.1 Å². The second-order valence-electron chi connectivity index (χ2n) is 15.4. The summed E-state index contributed by atoms with van der Waals surface area (Å²) in [6, 6.07) is 0. The van der Waals surface area contributed by atoms with E-state index in [4.69, 9.17) is 9.47 Å². The third-order valence-electron chi connectivity index (χ3n) is 12.0. The summed E-state index contributed by atoms with van der Waals surface area (Å²) < 4.78 is 12.0. The van der Waals surface area contributed by atoms with Crippen molar-refractivity contribution in [2.75, 3.05) is 6.61 Å². The molecule has 46 heavy (non-hydrogen) atoms. The van der Waals surface area contributed by atoms with E-state index >= 15 is 0 Å². The number of Topliss-reactive ketones (excluding diaryl/α,β-unsaturated/α-hetero) is 1. The number of rotatable bonds is 17. The summed E-state index contributed by atoms with van der Waals surface area (Å²) in [7, 11) is 0. The number of carbonyl (C=O) groups excluding carboxylic acids is 3. The molecule has 0 heterocycles. The summed E-state index contributed by atoms with van der Waals surface area (Å²) >= 11 is 0. The number of hydrogen-bond donors (Lipinski definition) is 3. The Morgan fingerprint density at radius 2 is 1.41 bits per heavy atom. The Bertz CT molecular complexity index is 1190. The molecule has 2 saturated carbocycles. The molecular formula is C38H60O8. The van der Waals surface area contributed by atoms with Gasteiger partial charge >= 0.3 is 11.9 Å². The number of allylic oxidation sites excluding steroid dienone is 1. The Balaban J connectivity index is 1.56. The Hall–Kier alpha value is -2.03. The van der Waals surface area contributed by atoms with Gasteiger partial charge in [-0.3, -0.25) is 14.4 Å². The van der Waals surface area contributed by atoms with Crippen LogP contribution in [0.15, 0.2) is 23.3 Å². The van der Waals surface area contributed by atoms with Gasteiger partial charge in [-0.05, 0) is 43.3 Å². The van der Waals surface area contributed by atoms with Gasteiger partial charge in [0.05, 0.1) is 5.41 Å². The molecule has 0 aromatic heterocycles. The number of ether oxygens (including phenoxy) is 2. The molecule has 8 atom stereocenters. The van der Waals surface area contributed by atoms with Crippen LogP contribution >= 0.6 is 0 Å². The first-order valence-electron chi connectivity index (χ1n) is 18.2. The van der Waals surface area contributed by atoms with E-state index < -0.39 is 58.0 Å².